The molecule has 0 saturated carbocycles. The number of benzene rings is 1. The number of hydrogen-bond donors (Lipinski definition) is 2. The summed E-state index contributed by atoms with van der Waals surface area (Å²) >= 11 is 0. The van der Waals surface area contributed by atoms with Crippen LogP contribution in [0.15, 0.2) is 28.7 Å². The third kappa shape index (κ3) is 2.41. The first-order valence-electron chi connectivity index (χ1n) is 6.15. The van der Waals surface area contributed by atoms with E-state index < -0.39 is 23.9 Å². The Morgan fingerprint density at radius 1 is 1.32 bits per heavy atom. The minimum atomic E-state index is -4.66. The van der Waals surface area contributed by atoms with E-state index in [1.165, 1.54) is 0 Å². The Labute approximate surface area is 121 Å². The van der Waals surface area contributed by atoms with Crippen molar-refractivity contribution in [3.8, 4) is 0 Å². The third-order valence-electron chi connectivity index (χ3n) is 3.03. The SMILES string of the molecule is Cc1c(C(=O)Nc2n[nH]c(C(F)(F)F)n2)oc2ccccc12. The van der Waals surface area contributed by atoms with Crippen LogP contribution in [0.1, 0.15) is 21.9 Å². The van der Waals surface area contributed by atoms with E-state index in [1.54, 1.807) is 36.3 Å². The third-order valence-corrected chi connectivity index (χ3v) is 3.03. The normalized spacial score (nSPS) is 11.8. The van der Waals surface area contributed by atoms with Gasteiger partial charge in [0.15, 0.2) is 5.76 Å². The lowest BCUT2D eigenvalue weighted by Crippen LogP contribution is -2.13. The van der Waals surface area contributed by atoms with Gasteiger partial charge in [0.1, 0.15) is 5.58 Å². The summed E-state index contributed by atoms with van der Waals surface area (Å²) in [7, 11) is 0. The molecule has 1 aromatic carbocycles. The molecule has 0 radical (unpaired) electrons. The highest BCUT2D eigenvalue weighted by molar-refractivity contribution is 6.05. The number of halogens is 3. The number of hydrogen-bond acceptors (Lipinski definition) is 4. The van der Waals surface area contributed by atoms with Crippen molar-refractivity contribution in [1.29, 1.82) is 0 Å². The summed E-state index contributed by atoms with van der Waals surface area (Å²) in [5, 5.41) is 7.93. The van der Waals surface area contributed by atoms with Crippen molar-refractivity contribution in [3.05, 3.63) is 41.4 Å². The highest BCUT2D eigenvalue weighted by atomic mass is 19.4. The van der Waals surface area contributed by atoms with E-state index in [2.05, 4.69) is 15.4 Å². The number of fused-ring (bicyclic) bond motifs is 1. The van der Waals surface area contributed by atoms with Crippen molar-refractivity contribution in [1.82, 2.24) is 15.2 Å². The minimum Gasteiger partial charge on any atom is -0.451 e. The maximum Gasteiger partial charge on any atom is 0.451 e. The lowest BCUT2D eigenvalue weighted by molar-refractivity contribution is -0.144. The Kier molecular flexibility index (Phi) is 3.12. The van der Waals surface area contributed by atoms with Crippen LogP contribution in [0.3, 0.4) is 0 Å². The molecule has 3 rings (SSSR count). The van der Waals surface area contributed by atoms with Gasteiger partial charge in [0.25, 0.3) is 5.91 Å². The molecule has 0 saturated heterocycles. The molecule has 0 aliphatic rings. The van der Waals surface area contributed by atoms with E-state index in [9.17, 15) is 18.0 Å². The second-order valence-electron chi connectivity index (χ2n) is 4.51. The summed E-state index contributed by atoms with van der Waals surface area (Å²) in [4.78, 5) is 15.2. The fraction of sp³-hybridized carbons (Fsp3) is 0.154. The number of anilines is 1. The van der Waals surface area contributed by atoms with Gasteiger partial charge in [-0.1, -0.05) is 18.2 Å². The quantitative estimate of drug-likeness (QED) is 0.761. The highest BCUT2D eigenvalue weighted by Gasteiger charge is 2.35. The van der Waals surface area contributed by atoms with Crippen LogP contribution in [-0.4, -0.2) is 21.1 Å². The molecule has 2 aromatic heterocycles. The lowest BCUT2D eigenvalue weighted by atomic mass is 10.1. The average molecular weight is 310 g/mol. The Morgan fingerprint density at radius 2 is 2.05 bits per heavy atom. The average Bonchev–Trinajstić information content (AvgIpc) is 3.04. The van der Waals surface area contributed by atoms with Gasteiger partial charge >= 0.3 is 6.18 Å². The number of rotatable bonds is 2. The maximum atomic E-state index is 12.4. The van der Waals surface area contributed by atoms with Gasteiger partial charge in [-0.15, -0.1) is 5.10 Å². The molecule has 3 aromatic rings. The second-order valence-corrected chi connectivity index (χ2v) is 4.51. The summed E-state index contributed by atoms with van der Waals surface area (Å²) in [6.45, 7) is 1.68. The van der Waals surface area contributed by atoms with Crippen molar-refractivity contribution in [2.45, 2.75) is 13.1 Å². The number of nitrogens with one attached hydrogen (secondary N) is 2. The van der Waals surface area contributed by atoms with Crippen molar-refractivity contribution >= 4 is 22.8 Å². The number of aromatic nitrogens is 3. The molecule has 0 unspecified atom stereocenters. The van der Waals surface area contributed by atoms with Gasteiger partial charge in [0.2, 0.25) is 11.8 Å². The lowest BCUT2D eigenvalue weighted by Gasteiger charge is -1.99. The van der Waals surface area contributed by atoms with E-state index in [4.69, 9.17) is 4.42 Å². The number of alkyl halides is 3. The van der Waals surface area contributed by atoms with Crippen LogP contribution in [0.5, 0.6) is 0 Å². The largest absolute Gasteiger partial charge is 0.451 e. The first kappa shape index (κ1) is 14.1. The van der Waals surface area contributed by atoms with E-state index >= 15 is 0 Å². The molecule has 0 bridgehead atoms. The molecule has 1 amide bonds. The van der Waals surface area contributed by atoms with Crippen LogP contribution in [0.25, 0.3) is 11.0 Å². The molecule has 0 spiro atoms. The fourth-order valence-corrected chi connectivity index (χ4v) is 1.99. The molecular formula is C13H9F3N4O2. The summed E-state index contributed by atoms with van der Waals surface area (Å²) in [5.74, 6) is -2.48. The molecule has 2 heterocycles. The summed E-state index contributed by atoms with van der Waals surface area (Å²) in [6.07, 6.45) is -4.66. The molecule has 0 aliphatic heterocycles. The van der Waals surface area contributed by atoms with E-state index in [-0.39, 0.29) is 5.76 Å². The van der Waals surface area contributed by atoms with Crippen LogP contribution in [0, 0.1) is 6.92 Å². The van der Waals surface area contributed by atoms with Gasteiger partial charge in [0, 0.05) is 10.9 Å². The molecule has 0 aliphatic carbocycles. The number of aromatic amines is 1. The Bertz CT molecular complexity index is 850. The van der Waals surface area contributed by atoms with Gasteiger partial charge in [-0.2, -0.15) is 18.2 Å². The van der Waals surface area contributed by atoms with Crippen LogP contribution in [0.4, 0.5) is 19.1 Å². The first-order valence-corrected chi connectivity index (χ1v) is 6.15. The molecule has 0 fully saturated rings. The molecule has 6 nitrogen and oxygen atoms in total. The van der Waals surface area contributed by atoms with Crippen molar-refractivity contribution in [2.24, 2.45) is 0 Å². The smallest absolute Gasteiger partial charge is 0.451 e. The molecule has 9 heteroatoms. The van der Waals surface area contributed by atoms with Crippen LogP contribution < -0.4 is 5.32 Å². The number of nitrogens with zero attached hydrogens (tertiary/aromatic N) is 2. The Morgan fingerprint density at radius 3 is 2.68 bits per heavy atom. The number of amides is 1. The van der Waals surface area contributed by atoms with Crippen LogP contribution in [-0.2, 0) is 6.18 Å². The first-order chi connectivity index (χ1) is 10.4. The Hall–Kier alpha value is -2.84. The van der Waals surface area contributed by atoms with Gasteiger partial charge in [-0.05, 0) is 13.0 Å². The summed E-state index contributed by atoms with van der Waals surface area (Å²) in [5.41, 5.74) is 1.09. The van der Waals surface area contributed by atoms with E-state index in [0.717, 1.165) is 5.39 Å². The zero-order valence-corrected chi connectivity index (χ0v) is 11.2. The van der Waals surface area contributed by atoms with Gasteiger partial charge < -0.3 is 4.42 Å². The summed E-state index contributed by atoms with van der Waals surface area (Å²) < 4.78 is 42.6. The summed E-state index contributed by atoms with van der Waals surface area (Å²) in [6, 6.07) is 7.00. The second kappa shape index (κ2) is 4.86. The van der Waals surface area contributed by atoms with Gasteiger partial charge in [-0.25, -0.2) is 0 Å². The Balaban J connectivity index is 1.87. The molecule has 2 N–H and O–H groups in total. The van der Waals surface area contributed by atoms with Crippen LogP contribution in [0.2, 0.25) is 0 Å². The topological polar surface area (TPSA) is 83.8 Å². The van der Waals surface area contributed by atoms with Gasteiger partial charge in [0.05, 0.1) is 0 Å². The molecule has 0 atom stereocenters. The number of H-pyrrole nitrogens is 1. The minimum absolute atomic E-state index is 0.000409. The van der Waals surface area contributed by atoms with Crippen molar-refractivity contribution in [2.75, 3.05) is 5.32 Å². The molecular weight excluding hydrogens is 301 g/mol. The van der Waals surface area contributed by atoms with E-state index in [0.29, 0.717) is 11.1 Å². The molecule has 22 heavy (non-hydrogen) atoms. The number of aryl methyl sites for hydroxylation is 1. The predicted octanol–water partition coefficient (Wildman–Crippen LogP) is 3.13. The molecule has 114 valence electrons. The van der Waals surface area contributed by atoms with E-state index in [1.807, 2.05) is 0 Å². The van der Waals surface area contributed by atoms with Crippen molar-refractivity contribution < 1.29 is 22.4 Å². The highest BCUT2D eigenvalue weighted by Crippen LogP contribution is 2.27. The van der Waals surface area contributed by atoms with Crippen molar-refractivity contribution in [3.63, 3.8) is 0 Å². The maximum absolute atomic E-state index is 12.4. The fourth-order valence-electron chi connectivity index (χ4n) is 1.99. The zero-order chi connectivity index (χ0) is 15.9. The van der Waals surface area contributed by atoms with Gasteiger partial charge in [-0.3, -0.25) is 15.2 Å². The number of carbonyl (C=O) groups excluding carboxylic acids is 1. The van der Waals surface area contributed by atoms with Crippen LogP contribution >= 0.6 is 0 Å². The monoisotopic (exact) mass is 310 g/mol. The standard InChI is InChI=1S/C13H9F3N4O2/c1-6-7-4-2-3-5-8(7)22-9(6)10(21)17-12-18-11(19-20-12)13(14,15)16/h2-5H,1H3,(H2,17,18,19,20,21). The number of carbonyl (C=O) groups is 1. The predicted molar refractivity (Wildman–Crippen MR) is 70.3 cm³/mol. The zero-order valence-electron chi connectivity index (χ0n) is 11.2. The number of para-hydroxylation sites is 1. The number of furan rings is 1.